The second kappa shape index (κ2) is 5.75. The average Bonchev–Trinajstić information content (AvgIpc) is 1.99. The Labute approximate surface area is 64.6 Å². The highest BCUT2D eigenvalue weighted by atomic mass is 16.4. The molecule has 0 saturated carbocycles. The summed E-state index contributed by atoms with van der Waals surface area (Å²) >= 11 is 0. The maximum absolute atomic E-state index is 5.36. The lowest BCUT2D eigenvalue weighted by molar-refractivity contribution is 0.224. The molecular weight excluding hydrogens is 125 g/mol. The molecule has 0 bridgehead atoms. The number of hydrogen-bond donors (Lipinski definition) is 1. The molecule has 0 fully saturated rings. The van der Waals surface area contributed by atoms with Gasteiger partial charge in [-0.1, -0.05) is 13.8 Å². The van der Waals surface area contributed by atoms with Gasteiger partial charge in [0.1, 0.15) is 0 Å². The quantitative estimate of drug-likeness (QED) is 0.578. The van der Waals surface area contributed by atoms with E-state index in [1.165, 1.54) is 0 Å². The fourth-order valence-electron chi connectivity index (χ4n) is 0.416. The summed E-state index contributed by atoms with van der Waals surface area (Å²) in [5.74, 6) is 0.342. The molecule has 59 valence electrons. The fourth-order valence-corrected chi connectivity index (χ4v) is 0.416. The SMILES string of the molecule is CCC(C)O[B]C(C)NC. The van der Waals surface area contributed by atoms with Gasteiger partial charge in [-0.3, -0.25) is 0 Å². The zero-order chi connectivity index (χ0) is 7.98. The van der Waals surface area contributed by atoms with Crippen molar-refractivity contribution in [1.29, 1.82) is 0 Å². The van der Waals surface area contributed by atoms with Gasteiger partial charge in [0.2, 0.25) is 0 Å². The summed E-state index contributed by atoms with van der Waals surface area (Å²) in [5, 5.41) is 3.06. The molecule has 1 radical (unpaired) electrons. The molecule has 0 saturated heterocycles. The Morgan fingerprint density at radius 1 is 1.50 bits per heavy atom. The molecule has 0 aliphatic rings. The molecule has 0 aromatic rings. The van der Waals surface area contributed by atoms with Crippen molar-refractivity contribution in [3.63, 3.8) is 0 Å². The predicted molar refractivity (Wildman–Crippen MR) is 45.1 cm³/mol. The van der Waals surface area contributed by atoms with Gasteiger partial charge in [-0.15, -0.1) is 0 Å². The minimum absolute atomic E-state index is 0.342. The van der Waals surface area contributed by atoms with Gasteiger partial charge < -0.3 is 9.97 Å². The smallest absolute Gasteiger partial charge is 0.310 e. The topological polar surface area (TPSA) is 21.3 Å². The number of rotatable bonds is 5. The van der Waals surface area contributed by atoms with E-state index >= 15 is 0 Å². The van der Waals surface area contributed by atoms with Crippen molar-refractivity contribution in [3.05, 3.63) is 0 Å². The van der Waals surface area contributed by atoms with Crippen LogP contribution in [0.5, 0.6) is 0 Å². The summed E-state index contributed by atoms with van der Waals surface area (Å²) in [4.78, 5) is 0. The number of hydrogen-bond acceptors (Lipinski definition) is 2. The van der Waals surface area contributed by atoms with E-state index in [-0.39, 0.29) is 0 Å². The Morgan fingerprint density at radius 3 is 2.50 bits per heavy atom. The van der Waals surface area contributed by atoms with Crippen LogP contribution in [0.4, 0.5) is 0 Å². The third kappa shape index (κ3) is 4.83. The van der Waals surface area contributed by atoms with Crippen molar-refractivity contribution in [2.75, 3.05) is 7.05 Å². The summed E-state index contributed by atoms with van der Waals surface area (Å²) < 4.78 is 5.36. The minimum atomic E-state index is 0.342. The van der Waals surface area contributed by atoms with Crippen molar-refractivity contribution in [2.24, 2.45) is 0 Å². The van der Waals surface area contributed by atoms with E-state index in [0.29, 0.717) is 12.0 Å². The van der Waals surface area contributed by atoms with Crippen LogP contribution in [0.1, 0.15) is 27.2 Å². The first-order valence-corrected chi connectivity index (χ1v) is 3.86. The highest BCUT2D eigenvalue weighted by molar-refractivity contribution is 6.29. The van der Waals surface area contributed by atoms with Gasteiger partial charge in [0.15, 0.2) is 0 Å². The Bertz CT molecular complexity index is 70.0. The van der Waals surface area contributed by atoms with Gasteiger partial charge in [0.05, 0.1) is 0 Å². The third-order valence-corrected chi connectivity index (χ3v) is 1.55. The van der Waals surface area contributed by atoms with Gasteiger partial charge >= 0.3 is 7.48 Å². The Balaban J connectivity index is 3.17. The molecule has 0 spiro atoms. The zero-order valence-corrected chi connectivity index (χ0v) is 7.35. The fraction of sp³-hybridized carbons (Fsp3) is 1.00. The van der Waals surface area contributed by atoms with Crippen LogP contribution in [0.25, 0.3) is 0 Å². The molecule has 0 rings (SSSR count). The Hall–Kier alpha value is -0.0151. The van der Waals surface area contributed by atoms with Crippen LogP contribution in [-0.2, 0) is 4.65 Å². The first-order valence-electron chi connectivity index (χ1n) is 3.86. The van der Waals surface area contributed by atoms with Gasteiger partial charge in [-0.2, -0.15) is 0 Å². The van der Waals surface area contributed by atoms with Crippen molar-refractivity contribution in [3.8, 4) is 0 Å². The van der Waals surface area contributed by atoms with E-state index in [1.54, 1.807) is 0 Å². The van der Waals surface area contributed by atoms with E-state index in [4.69, 9.17) is 4.65 Å². The van der Waals surface area contributed by atoms with Crippen LogP contribution in [-0.4, -0.2) is 26.6 Å². The first-order chi connectivity index (χ1) is 4.70. The molecule has 0 aromatic carbocycles. The average molecular weight is 142 g/mol. The lowest BCUT2D eigenvalue weighted by Gasteiger charge is -2.13. The highest BCUT2D eigenvalue weighted by Gasteiger charge is 2.04. The summed E-state index contributed by atoms with van der Waals surface area (Å²) in [7, 11) is 3.76. The summed E-state index contributed by atoms with van der Waals surface area (Å²) in [5.41, 5.74) is 0. The molecule has 0 heterocycles. The molecule has 0 amide bonds. The lowest BCUT2D eigenvalue weighted by Crippen LogP contribution is -2.31. The second-order valence-electron chi connectivity index (χ2n) is 2.57. The summed E-state index contributed by atoms with van der Waals surface area (Å²) in [6.45, 7) is 6.24. The minimum Gasteiger partial charge on any atom is -0.436 e. The zero-order valence-electron chi connectivity index (χ0n) is 7.35. The first kappa shape index (κ1) is 9.98. The summed E-state index contributed by atoms with van der Waals surface area (Å²) in [6.07, 6.45) is 1.41. The van der Waals surface area contributed by atoms with Crippen LogP contribution in [0.2, 0.25) is 0 Å². The van der Waals surface area contributed by atoms with Crippen LogP contribution >= 0.6 is 0 Å². The van der Waals surface area contributed by atoms with E-state index < -0.39 is 0 Å². The molecule has 2 unspecified atom stereocenters. The Morgan fingerprint density at radius 2 is 2.10 bits per heavy atom. The standard InChI is InChI=1S/C7H17BNO/c1-5-6(2)10-8-7(3)9-4/h6-7,9H,5H2,1-4H3. The van der Waals surface area contributed by atoms with Crippen molar-refractivity contribution in [2.45, 2.75) is 39.2 Å². The van der Waals surface area contributed by atoms with E-state index in [2.05, 4.69) is 26.1 Å². The maximum atomic E-state index is 5.36. The third-order valence-electron chi connectivity index (χ3n) is 1.55. The number of nitrogens with one attached hydrogen (secondary N) is 1. The molecule has 0 aliphatic carbocycles. The molecule has 2 nitrogen and oxygen atoms in total. The van der Waals surface area contributed by atoms with E-state index in [9.17, 15) is 0 Å². The predicted octanol–water partition coefficient (Wildman–Crippen LogP) is 0.986. The Kier molecular flexibility index (Phi) is 5.74. The second-order valence-corrected chi connectivity index (χ2v) is 2.57. The van der Waals surface area contributed by atoms with Crippen LogP contribution < -0.4 is 5.32 Å². The van der Waals surface area contributed by atoms with Gasteiger partial charge in [-0.05, 0) is 20.4 Å². The molecular formula is C7H17BNO. The highest BCUT2D eigenvalue weighted by Crippen LogP contribution is 1.94. The van der Waals surface area contributed by atoms with E-state index in [0.717, 1.165) is 6.42 Å². The van der Waals surface area contributed by atoms with Gasteiger partial charge in [0.25, 0.3) is 0 Å². The normalized spacial score (nSPS) is 16.4. The largest absolute Gasteiger partial charge is 0.436 e. The molecule has 0 aromatic heterocycles. The molecule has 1 N–H and O–H groups in total. The molecule has 3 heteroatoms. The summed E-state index contributed by atoms with van der Waals surface area (Å²) in [6, 6.07) is 0. The van der Waals surface area contributed by atoms with Crippen LogP contribution in [0.3, 0.4) is 0 Å². The van der Waals surface area contributed by atoms with Crippen molar-refractivity contribution < 1.29 is 4.65 Å². The van der Waals surface area contributed by atoms with Crippen molar-refractivity contribution >= 4 is 7.48 Å². The van der Waals surface area contributed by atoms with Crippen LogP contribution in [0, 0.1) is 0 Å². The van der Waals surface area contributed by atoms with Crippen LogP contribution in [0.15, 0.2) is 0 Å². The van der Waals surface area contributed by atoms with E-state index in [1.807, 2.05) is 14.5 Å². The lowest BCUT2D eigenvalue weighted by atomic mass is 9.89. The molecule has 10 heavy (non-hydrogen) atoms. The van der Waals surface area contributed by atoms with Gasteiger partial charge in [-0.25, -0.2) is 0 Å². The van der Waals surface area contributed by atoms with Crippen molar-refractivity contribution in [1.82, 2.24) is 5.32 Å². The maximum Gasteiger partial charge on any atom is 0.310 e. The molecule has 2 atom stereocenters. The van der Waals surface area contributed by atoms with Gasteiger partial charge in [0, 0.05) is 12.0 Å². The monoisotopic (exact) mass is 142 g/mol. The molecule has 0 aliphatic heterocycles.